The molecule has 0 nitrogen and oxygen atoms in total. The van der Waals surface area contributed by atoms with Crippen LogP contribution in [0.3, 0.4) is 0 Å². The van der Waals surface area contributed by atoms with Gasteiger partial charge in [-0.2, -0.15) is 0 Å². The summed E-state index contributed by atoms with van der Waals surface area (Å²) in [5, 5.41) is 0. The third-order valence-corrected chi connectivity index (χ3v) is 9.97. The molecule has 0 heterocycles. The van der Waals surface area contributed by atoms with Gasteiger partial charge in [-0.25, -0.2) is 0 Å². The molecule has 0 saturated heterocycles. The quantitative estimate of drug-likeness (QED) is 0.577. The Kier molecular flexibility index (Phi) is 0.964. The zero-order chi connectivity index (χ0) is 11.7. The Morgan fingerprint density at radius 1 is 0.579 bits per heavy atom. The van der Waals surface area contributed by atoms with Crippen molar-refractivity contribution in [1.29, 1.82) is 0 Å². The van der Waals surface area contributed by atoms with Gasteiger partial charge in [0.1, 0.15) is 0 Å². The van der Waals surface area contributed by atoms with Crippen LogP contribution in [0.4, 0.5) is 0 Å². The van der Waals surface area contributed by atoms with Crippen LogP contribution in [0.15, 0.2) is 24.3 Å². The molecule has 10 rings (SSSR count). The first kappa shape index (κ1) is 8.70. The van der Waals surface area contributed by atoms with Gasteiger partial charge in [0.05, 0.1) is 0 Å². The Morgan fingerprint density at radius 2 is 0.947 bits per heavy atom. The molecule has 12 atom stereocenters. The molecule has 10 aliphatic carbocycles. The van der Waals surface area contributed by atoms with Crippen LogP contribution < -0.4 is 0 Å². The fourth-order valence-corrected chi connectivity index (χ4v) is 10.5. The van der Waals surface area contributed by atoms with Gasteiger partial charge < -0.3 is 0 Å². The SMILES string of the molecule is C1=C[C@H]2C3CC45CC6[C@H]7C=C[C@@H]6[C@H]6C4[C@H]([C@@H]2C5[C@H]67)[C@H]13. The van der Waals surface area contributed by atoms with Crippen LogP contribution in [0.5, 0.6) is 0 Å². The summed E-state index contributed by atoms with van der Waals surface area (Å²) in [5.74, 6) is 13.4. The van der Waals surface area contributed by atoms with Crippen LogP contribution in [0.25, 0.3) is 0 Å². The predicted octanol–water partition coefficient (Wildman–Crippen LogP) is 3.37. The summed E-state index contributed by atoms with van der Waals surface area (Å²) in [7, 11) is 0. The van der Waals surface area contributed by atoms with Crippen molar-refractivity contribution in [1.82, 2.24) is 0 Å². The van der Waals surface area contributed by atoms with Gasteiger partial charge in [-0.15, -0.1) is 0 Å². The Bertz CT molecular complexity index is 518. The minimum atomic E-state index is 0.887. The van der Waals surface area contributed by atoms with Crippen LogP contribution in [0.1, 0.15) is 12.8 Å². The van der Waals surface area contributed by atoms with Crippen LogP contribution in [-0.2, 0) is 0 Å². The molecule has 0 aromatic carbocycles. The maximum absolute atomic E-state index is 2.66. The summed E-state index contributed by atoms with van der Waals surface area (Å²) >= 11 is 0. The Morgan fingerprint density at radius 3 is 1.32 bits per heavy atom. The monoisotopic (exact) mass is 248 g/mol. The van der Waals surface area contributed by atoms with E-state index in [1.54, 1.807) is 12.8 Å². The molecular weight excluding hydrogens is 228 g/mol. The minimum absolute atomic E-state index is 0.887. The molecule has 1 spiro atoms. The fraction of sp³-hybridized carbons (Fsp3) is 0.789. The topological polar surface area (TPSA) is 0 Å². The molecule has 0 N–H and O–H groups in total. The number of rotatable bonds is 0. The lowest BCUT2D eigenvalue weighted by atomic mass is 9.51. The van der Waals surface area contributed by atoms with E-state index in [0.717, 1.165) is 64.6 Å². The first-order valence-electron chi connectivity index (χ1n) is 8.77. The van der Waals surface area contributed by atoms with Crippen molar-refractivity contribution in [3.05, 3.63) is 24.3 Å². The van der Waals surface area contributed by atoms with E-state index in [-0.39, 0.29) is 0 Å². The molecule has 96 valence electrons. The van der Waals surface area contributed by atoms with Gasteiger partial charge in [-0.05, 0) is 89.3 Å². The second-order valence-corrected chi connectivity index (χ2v) is 9.41. The molecule has 8 saturated carbocycles. The predicted molar refractivity (Wildman–Crippen MR) is 71.8 cm³/mol. The highest BCUT2D eigenvalue weighted by Crippen LogP contribution is 2.90. The lowest BCUT2D eigenvalue weighted by Crippen LogP contribution is -2.48. The molecule has 0 aromatic heterocycles. The van der Waals surface area contributed by atoms with Crippen LogP contribution in [0, 0.1) is 76.4 Å². The minimum Gasteiger partial charge on any atom is -0.0845 e. The molecule has 0 aliphatic heterocycles. The molecular formula is C19H20. The highest BCUT2D eigenvalue weighted by atomic mass is 14.9. The van der Waals surface area contributed by atoms with Crippen molar-refractivity contribution in [2.45, 2.75) is 12.8 Å². The molecule has 13 bridgehead atoms. The number of hydrogen-bond donors (Lipinski definition) is 0. The standard InChI is InChI=1S/C19H20/c1-2-8-11-5-19-6-12-9-3-4-10(12)16-15(9)17(19)13(7(1)11)14(8)18(16)19/h1-4,7-18H,5-6H2/t7-,8+,9+,10-,11?,12?,13+,14-,15-,16+,17?,18?,19?. The molecule has 0 radical (unpaired) electrons. The number of allylic oxidation sites excluding steroid dienone is 4. The summed E-state index contributed by atoms with van der Waals surface area (Å²) in [4.78, 5) is 0. The van der Waals surface area contributed by atoms with E-state index >= 15 is 0 Å². The van der Waals surface area contributed by atoms with Crippen LogP contribution in [0.2, 0.25) is 0 Å². The van der Waals surface area contributed by atoms with Gasteiger partial charge in [-0.1, -0.05) is 24.3 Å². The highest BCUT2D eigenvalue weighted by Gasteiger charge is 2.86. The Balaban J connectivity index is 1.48. The first-order valence-corrected chi connectivity index (χ1v) is 8.77. The van der Waals surface area contributed by atoms with Crippen molar-refractivity contribution in [2.75, 3.05) is 0 Å². The van der Waals surface area contributed by atoms with Crippen LogP contribution >= 0.6 is 0 Å². The second kappa shape index (κ2) is 2.11. The summed E-state index contributed by atoms with van der Waals surface area (Å²) in [5.41, 5.74) is 0.887. The molecule has 0 heteroatoms. The zero-order valence-electron chi connectivity index (χ0n) is 11.2. The average Bonchev–Trinajstić information content (AvgIpc) is 3.20. The Labute approximate surface area is 114 Å². The molecule has 0 aromatic rings. The first-order chi connectivity index (χ1) is 9.40. The van der Waals surface area contributed by atoms with Gasteiger partial charge in [0, 0.05) is 0 Å². The smallest absolute Gasteiger partial charge is 0.0165 e. The summed E-state index contributed by atoms with van der Waals surface area (Å²) in [6.07, 6.45) is 14.0. The van der Waals surface area contributed by atoms with Crippen molar-refractivity contribution in [3.8, 4) is 0 Å². The molecule has 0 amide bonds. The fourth-order valence-electron chi connectivity index (χ4n) is 10.5. The van der Waals surface area contributed by atoms with E-state index in [1.807, 2.05) is 0 Å². The average molecular weight is 248 g/mol. The van der Waals surface area contributed by atoms with E-state index in [4.69, 9.17) is 0 Å². The normalized spacial score (nSPS) is 84.2. The maximum atomic E-state index is 2.66. The molecule has 10 aliphatic rings. The summed E-state index contributed by atoms with van der Waals surface area (Å²) in [6, 6.07) is 0. The van der Waals surface area contributed by atoms with E-state index in [9.17, 15) is 0 Å². The largest absolute Gasteiger partial charge is 0.0845 e. The van der Waals surface area contributed by atoms with E-state index < -0.39 is 0 Å². The molecule has 19 heavy (non-hydrogen) atoms. The Hall–Kier alpha value is -0.520. The molecule has 4 unspecified atom stereocenters. The van der Waals surface area contributed by atoms with Gasteiger partial charge in [0.15, 0.2) is 0 Å². The third kappa shape index (κ3) is 0.547. The van der Waals surface area contributed by atoms with Gasteiger partial charge in [0.2, 0.25) is 0 Å². The second-order valence-electron chi connectivity index (χ2n) is 9.41. The summed E-state index contributed by atoms with van der Waals surface area (Å²) < 4.78 is 0. The van der Waals surface area contributed by atoms with Crippen molar-refractivity contribution >= 4 is 0 Å². The lowest BCUT2D eigenvalue weighted by molar-refractivity contribution is -0.0463. The van der Waals surface area contributed by atoms with Gasteiger partial charge in [0.25, 0.3) is 0 Å². The van der Waals surface area contributed by atoms with E-state index in [0.29, 0.717) is 0 Å². The zero-order valence-corrected chi connectivity index (χ0v) is 11.2. The lowest BCUT2D eigenvalue weighted by Gasteiger charge is -2.53. The van der Waals surface area contributed by atoms with Gasteiger partial charge in [-0.3, -0.25) is 0 Å². The number of hydrogen-bond acceptors (Lipinski definition) is 0. The highest BCUT2D eigenvalue weighted by molar-refractivity contribution is 5.40. The maximum Gasteiger partial charge on any atom is -0.0165 e. The third-order valence-electron chi connectivity index (χ3n) is 9.97. The van der Waals surface area contributed by atoms with Crippen molar-refractivity contribution < 1.29 is 0 Å². The van der Waals surface area contributed by atoms with Crippen molar-refractivity contribution in [3.63, 3.8) is 0 Å². The molecule has 8 fully saturated rings. The van der Waals surface area contributed by atoms with Gasteiger partial charge >= 0.3 is 0 Å². The van der Waals surface area contributed by atoms with E-state index in [1.165, 1.54) is 11.8 Å². The van der Waals surface area contributed by atoms with Crippen molar-refractivity contribution in [2.24, 2.45) is 76.4 Å². The van der Waals surface area contributed by atoms with Crippen LogP contribution in [-0.4, -0.2) is 0 Å². The summed E-state index contributed by atoms with van der Waals surface area (Å²) in [6.45, 7) is 0. The van der Waals surface area contributed by atoms with E-state index in [2.05, 4.69) is 24.3 Å².